The van der Waals surface area contributed by atoms with Crippen molar-refractivity contribution in [1.29, 1.82) is 0 Å². The van der Waals surface area contributed by atoms with Crippen molar-refractivity contribution in [3.63, 3.8) is 0 Å². The van der Waals surface area contributed by atoms with Crippen molar-refractivity contribution in [1.82, 2.24) is 20.7 Å². The number of carbonyl (C=O) groups excluding carboxylic acids is 3. The van der Waals surface area contributed by atoms with Crippen molar-refractivity contribution in [2.24, 2.45) is 5.92 Å². The monoisotopic (exact) mass is 480 g/mol. The van der Waals surface area contributed by atoms with Gasteiger partial charge in [-0.15, -0.1) is 0 Å². The maximum atomic E-state index is 12.7. The third-order valence-corrected chi connectivity index (χ3v) is 5.06. The first-order valence-corrected chi connectivity index (χ1v) is 10.8. The molecular formula is C23H27F3N4O4. The van der Waals surface area contributed by atoms with Crippen LogP contribution in [-0.2, 0) is 15.8 Å². The van der Waals surface area contributed by atoms with E-state index in [-0.39, 0.29) is 25.3 Å². The van der Waals surface area contributed by atoms with E-state index < -0.39 is 29.5 Å². The topological polar surface area (TPSA) is 112 Å². The van der Waals surface area contributed by atoms with Gasteiger partial charge in [-0.2, -0.15) is 13.2 Å². The first kappa shape index (κ1) is 26.8. The fourth-order valence-corrected chi connectivity index (χ4v) is 3.21. The molecule has 8 nitrogen and oxygen atoms in total. The summed E-state index contributed by atoms with van der Waals surface area (Å²) in [5.74, 6) is -1.66. The van der Waals surface area contributed by atoms with Gasteiger partial charge in [0.25, 0.3) is 5.91 Å². The summed E-state index contributed by atoms with van der Waals surface area (Å²) in [4.78, 5) is 39.7. The smallest absolute Gasteiger partial charge is 0.338 e. The summed E-state index contributed by atoms with van der Waals surface area (Å²) >= 11 is 0. The Morgan fingerprint density at radius 3 is 2.44 bits per heavy atom. The molecule has 1 heterocycles. The molecule has 11 heteroatoms. The van der Waals surface area contributed by atoms with E-state index >= 15 is 0 Å². The molecule has 0 fully saturated rings. The van der Waals surface area contributed by atoms with Crippen LogP contribution < -0.4 is 10.6 Å². The average molecular weight is 480 g/mol. The molecule has 2 aromatic rings. The number of unbranched alkanes of at least 4 members (excludes halogenated alkanes) is 2. The lowest BCUT2D eigenvalue weighted by atomic mass is 10.0. The van der Waals surface area contributed by atoms with Crippen molar-refractivity contribution in [3.8, 4) is 11.3 Å². The highest BCUT2D eigenvalue weighted by molar-refractivity contribution is 5.93. The first-order chi connectivity index (χ1) is 16.2. The number of aromatic nitrogens is 1. The molecule has 0 saturated heterocycles. The van der Waals surface area contributed by atoms with Crippen LogP contribution in [0.3, 0.4) is 0 Å². The summed E-state index contributed by atoms with van der Waals surface area (Å²) < 4.78 is 38.2. The number of benzene rings is 1. The van der Waals surface area contributed by atoms with Crippen molar-refractivity contribution in [2.45, 2.75) is 38.8 Å². The number of nitrogens with zero attached hydrogens (tertiary/aromatic N) is 2. The second-order valence-electron chi connectivity index (χ2n) is 7.63. The highest BCUT2D eigenvalue weighted by Gasteiger charge is 2.30. The highest BCUT2D eigenvalue weighted by atomic mass is 19.4. The van der Waals surface area contributed by atoms with Crippen molar-refractivity contribution in [2.75, 3.05) is 13.2 Å². The van der Waals surface area contributed by atoms with Gasteiger partial charge in [-0.25, -0.2) is 10.0 Å². The fourth-order valence-electron chi connectivity index (χ4n) is 3.21. The van der Waals surface area contributed by atoms with Crippen LogP contribution in [0.2, 0.25) is 0 Å². The zero-order valence-electron chi connectivity index (χ0n) is 18.6. The number of nitrogens with one attached hydrogen (secondary N) is 2. The minimum absolute atomic E-state index is 0.0219. The Kier molecular flexibility index (Phi) is 9.99. The van der Waals surface area contributed by atoms with E-state index in [4.69, 9.17) is 0 Å². The highest BCUT2D eigenvalue weighted by Crippen LogP contribution is 2.30. The second-order valence-corrected chi connectivity index (χ2v) is 7.63. The molecule has 1 aromatic heterocycles. The van der Waals surface area contributed by atoms with Crippen LogP contribution in [0.1, 0.15) is 48.7 Å². The lowest BCUT2D eigenvalue weighted by Crippen LogP contribution is -2.43. The van der Waals surface area contributed by atoms with Gasteiger partial charge in [0, 0.05) is 5.56 Å². The molecule has 0 radical (unpaired) electrons. The van der Waals surface area contributed by atoms with E-state index in [2.05, 4.69) is 15.6 Å². The van der Waals surface area contributed by atoms with Crippen LogP contribution in [0.4, 0.5) is 13.2 Å². The fraction of sp³-hybridized carbons (Fsp3) is 0.391. The molecule has 3 N–H and O–H groups in total. The number of halogens is 3. The second kappa shape index (κ2) is 12.7. The standard InChI is InChI=1S/C23H27F3N4O4/c1-2-3-4-6-17(13-30(34)15-31)21(32)27-14-28-22(33)20-8-5-7-19(29-20)16-9-11-18(12-10-16)23(24,25)26/h5,7-12,15,17,34H,2-4,6,13-14H2,1H3,(H,27,32)(H,28,33). The van der Waals surface area contributed by atoms with Gasteiger partial charge in [-0.05, 0) is 30.7 Å². The number of pyridine rings is 1. The number of alkyl halides is 3. The molecule has 3 amide bonds. The van der Waals surface area contributed by atoms with Gasteiger partial charge >= 0.3 is 6.18 Å². The predicted molar refractivity (Wildman–Crippen MR) is 117 cm³/mol. The molecule has 0 aliphatic rings. The van der Waals surface area contributed by atoms with Crippen LogP contribution in [0.25, 0.3) is 11.3 Å². The molecule has 34 heavy (non-hydrogen) atoms. The van der Waals surface area contributed by atoms with Gasteiger partial charge < -0.3 is 10.6 Å². The van der Waals surface area contributed by atoms with Crippen LogP contribution in [0, 0.1) is 5.92 Å². The maximum absolute atomic E-state index is 12.7. The Morgan fingerprint density at radius 2 is 1.82 bits per heavy atom. The van der Waals surface area contributed by atoms with Gasteiger partial charge in [-0.1, -0.05) is 44.4 Å². The minimum atomic E-state index is -4.45. The number of carbonyl (C=O) groups is 3. The molecule has 1 unspecified atom stereocenters. The van der Waals surface area contributed by atoms with E-state index in [1.165, 1.54) is 18.2 Å². The van der Waals surface area contributed by atoms with Gasteiger partial charge in [0.1, 0.15) is 5.69 Å². The number of hydrogen-bond donors (Lipinski definition) is 3. The summed E-state index contributed by atoms with van der Waals surface area (Å²) in [6, 6.07) is 8.97. The largest absolute Gasteiger partial charge is 0.416 e. The van der Waals surface area contributed by atoms with E-state index in [0.717, 1.165) is 31.4 Å². The van der Waals surface area contributed by atoms with Crippen LogP contribution in [0.15, 0.2) is 42.5 Å². The first-order valence-electron chi connectivity index (χ1n) is 10.8. The Labute approximate surface area is 195 Å². The summed E-state index contributed by atoms with van der Waals surface area (Å²) in [6.45, 7) is 1.64. The summed E-state index contributed by atoms with van der Waals surface area (Å²) in [6.07, 6.45) is -1.18. The van der Waals surface area contributed by atoms with Crippen LogP contribution in [0.5, 0.6) is 0 Å². The molecule has 0 saturated carbocycles. The maximum Gasteiger partial charge on any atom is 0.416 e. The third kappa shape index (κ3) is 8.14. The molecule has 1 aromatic carbocycles. The zero-order valence-corrected chi connectivity index (χ0v) is 18.6. The van der Waals surface area contributed by atoms with Gasteiger partial charge in [-0.3, -0.25) is 19.6 Å². The SMILES string of the molecule is CCCCCC(CN(O)C=O)C(=O)NCNC(=O)c1cccc(-c2ccc(C(F)(F)F)cc2)n1. The molecular weight excluding hydrogens is 453 g/mol. The Morgan fingerprint density at radius 1 is 1.12 bits per heavy atom. The van der Waals surface area contributed by atoms with Crippen molar-refractivity contribution in [3.05, 3.63) is 53.7 Å². The van der Waals surface area contributed by atoms with E-state index in [9.17, 15) is 32.8 Å². The number of rotatable bonds is 12. The van der Waals surface area contributed by atoms with E-state index in [1.54, 1.807) is 12.1 Å². The van der Waals surface area contributed by atoms with E-state index in [0.29, 0.717) is 22.7 Å². The molecule has 0 aliphatic carbocycles. The molecule has 0 spiro atoms. The Hall–Kier alpha value is -3.47. The van der Waals surface area contributed by atoms with Gasteiger partial charge in [0.2, 0.25) is 12.3 Å². The number of hydroxylamine groups is 2. The number of amides is 3. The molecule has 0 bridgehead atoms. The summed E-state index contributed by atoms with van der Waals surface area (Å²) in [5, 5.41) is 14.9. The van der Waals surface area contributed by atoms with Crippen LogP contribution >= 0.6 is 0 Å². The summed E-state index contributed by atoms with van der Waals surface area (Å²) in [5.41, 5.74) is -0.0344. The predicted octanol–water partition coefficient (Wildman–Crippen LogP) is 3.62. The Balaban J connectivity index is 1.96. The Bertz CT molecular complexity index is 967. The van der Waals surface area contributed by atoms with Crippen molar-refractivity contribution >= 4 is 18.2 Å². The van der Waals surface area contributed by atoms with Gasteiger partial charge in [0.15, 0.2) is 0 Å². The molecule has 1 atom stereocenters. The van der Waals surface area contributed by atoms with E-state index in [1.807, 2.05) is 6.92 Å². The lowest BCUT2D eigenvalue weighted by molar-refractivity contribution is -0.154. The van der Waals surface area contributed by atoms with Crippen molar-refractivity contribution < 1.29 is 32.8 Å². The van der Waals surface area contributed by atoms with Gasteiger partial charge in [0.05, 0.1) is 30.4 Å². The quantitative estimate of drug-likeness (QED) is 0.141. The summed E-state index contributed by atoms with van der Waals surface area (Å²) in [7, 11) is 0. The molecule has 2 rings (SSSR count). The normalized spacial score (nSPS) is 12.0. The van der Waals surface area contributed by atoms with Crippen LogP contribution in [-0.4, -0.2) is 46.7 Å². The third-order valence-electron chi connectivity index (χ3n) is 5.06. The molecule has 184 valence electrons. The number of hydrogen-bond acceptors (Lipinski definition) is 5. The average Bonchev–Trinajstić information content (AvgIpc) is 2.82. The minimum Gasteiger partial charge on any atom is -0.338 e. The molecule has 0 aliphatic heterocycles. The lowest BCUT2D eigenvalue weighted by Gasteiger charge is -2.19. The zero-order chi connectivity index (χ0) is 25.1.